The van der Waals surface area contributed by atoms with E-state index in [-0.39, 0.29) is 11.7 Å². The lowest BCUT2D eigenvalue weighted by Gasteiger charge is -2.29. The van der Waals surface area contributed by atoms with Gasteiger partial charge in [0.2, 0.25) is 0 Å². The Kier molecular flexibility index (Phi) is 1.67. The van der Waals surface area contributed by atoms with Gasteiger partial charge in [-0.3, -0.25) is 4.79 Å². The molecule has 0 unspecified atom stereocenters. The molecule has 3 rings (SSSR count). The van der Waals surface area contributed by atoms with Crippen LogP contribution in [-0.2, 0) is 11.2 Å². The maximum absolute atomic E-state index is 11.7. The van der Waals surface area contributed by atoms with E-state index < -0.39 is 5.41 Å². The van der Waals surface area contributed by atoms with Crippen LogP contribution >= 0.6 is 0 Å². The highest BCUT2D eigenvalue weighted by Gasteiger charge is 2.46. The summed E-state index contributed by atoms with van der Waals surface area (Å²) in [4.78, 5) is 11.7. The van der Waals surface area contributed by atoms with Crippen LogP contribution < -0.4 is 5.43 Å². The summed E-state index contributed by atoms with van der Waals surface area (Å²) in [6, 6.07) is 5.22. The van der Waals surface area contributed by atoms with Crippen LogP contribution in [0.15, 0.2) is 23.3 Å². The average Bonchev–Trinajstić information content (AvgIpc) is 2.56. The van der Waals surface area contributed by atoms with Crippen LogP contribution in [0.1, 0.15) is 24.5 Å². The molecule has 0 saturated carbocycles. The van der Waals surface area contributed by atoms with Crippen molar-refractivity contribution >= 4 is 11.6 Å². The number of carbonyl (C=O) groups excluding carboxylic acids is 1. The summed E-state index contributed by atoms with van der Waals surface area (Å²) in [7, 11) is 0. The van der Waals surface area contributed by atoms with Crippen molar-refractivity contribution in [2.75, 3.05) is 0 Å². The highest BCUT2D eigenvalue weighted by molar-refractivity contribution is 6.20. The first kappa shape index (κ1) is 9.39. The van der Waals surface area contributed by atoms with Gasteiger partial charge in [-0.2, -0.15) is 5.10 Å². The molecule has 1 aromatic rings. The number of carbonyl (C=O) groups is 1. The van der Waals surface area contributed by atoms with Crippen molar-refractivity contribution in [2.45, 2.75) is 19.8 Å². The van der Waals surface area contributed by atoms with Gasteiger partial charge in [-0.05, 0) is 43.5 Å². The predicted molar refractivity (Wildman–Crippen MR) is 59.2 cm³/mol. The van der Waals surface area contributed by atoms with E-state index >= 15 is 0 Å². The molecule has 0 saturated heterocycles. The molecule has 1 amide bonds. The van der Waals surface area contributed by atoms with E-state index in [9.17, 15) is 9.90 Å². The minimum Gasteiger partial charge on any atom is -0.508 e. The summed E-state index contributed by atoms with van der Waals surface area (Å²) in [5.41, 5.74) is 4.89. The van der Waals surface area contributed by atoms with E-state index in [0.717, 1.165) is 29.7 Å². The number of aromatic hydroxyl groups is 1. The van der Waals surface area contributed by atoms with Gasteiger partial charge in [0, 0.05) is 5.56 Å². The van der Waals surface area contributed by atoms with E-state index in [1.54, 1.807) is 12.1 Å². The van der Waals surface area contributed by atoms with Crippen LogP contribution in [0, 0.1) is 5.41 Å². The van der Waals surface area contributed by atoms with Crippen LogP contribution in [0.2, 0.25) is 0 Å². The fourth-order valence-electron chi connectivity index (χ4n) is 2.45. The van der Waals surface area contributed by atoms with Gasteiger partial charge in [-0.15, -0.1) is 0 Å². The monoisotopic (exact) mass is 216 g/mol. The molecule has 4 heteroatoms. The predicted octanol–water partition coefficient (Wildman–Crippen LogP) is 1.18. The number of fused-ring (bicyclic) bond motifs is 3. The molecule has 82 valence electrons. The first-order valence-corrected chi connectivity index (χ1v) is 5.32. The fourth-order valence-corrected chi connectivity index (χ4v) is 2.45. The number of amides is 1. The SMILES string of the molecule is C[C@]12CCc3cc(O)ccc3C1=NNC2=O. The summed E-state index contributed by atoms with van der Waals surface area (Å²) in [6.45, 7) is 1.92. The number of nitrogens with one attached hydrogen (secondary N) is 1. The molecule has 1 heterocycles. The topological polar surface area (TPSA) is 61.7 Å². The van der Waals surface area contributed by atoms with E-state index in [0.29, 0.717) is 0 Å². The van der Waals surface area contributed by atoms with Gasteiger partial charge < -0.3 is 5.11 Å². The Bertz CT molecular complexity index is 522. The molecule has 0 fully saturated rings. The zero-order valence-electron chi connectivity index (χ0n) is 8.95. The van der Waals surface area contributed by atoms with Crippen molar-refractivity contribution < 1.29 is 9.90 Å². The summed E-state index contributed by atoms with van der Waals surface area (Å²) in [6.07, 6.45) is 1.54. The Balaban J connectivity index is 2.18. The maximum Gasteiger partial charge on any atom is 0.252 e. The lowest BCUT2D eigenvalue weighted by molar-refractivity contribution is -0.125. The number of phenols is 1. The van der Waals surface area contributed by atoms with Crippen LogP contribution in [-0.4, -0.2) is 16.7 Å². The Morgan fingerprint density at radius 2 is 2.31 bits per heavy atom. The summed E-state index contributed by atoms with van der Waals surface area (Å²) in [5.74, 6) is 0.237. The van der Waals surface area contributed by atoms with Gasteiger partial charge in [-0.25, -0.2) is 5.43 Å². The minimum atomic E-state index is -0.496. The molecule has 4 nitrogen and oxygen atoms in total. The lowest BCUT2D eigenvalue weighted by atomic mass is 9.71. The summed E-state index contributed by atoms with van der Waals surface area (Å²) >= 11 is 0. The van der Waals surface area contributed by atoms with Crippen molar-refractivity contribution in [3.8, 4) is 5.75 Å². The Hall–Kier alpha value is -1.84. The van der Waals surface area contributed by atoms with E-state index in [1.165, 1.54) is 0 Å². The van der Waals surface area contributed by atoms with Crippen molar-refractivity contribution in [1.82, 2.24) is 5.43 Å². The first-order valence-electron chi connectivity index (χ1n) is 5.32. The third-order valence-electron chi connectivity index (χ3n) is 3.53. The standard InChI is InChI=1S/C12H12N2O2/c1-12-5-4-7-6-8(15)2-3-9(7)10(12)13-14-11(12)16/h2-3,6,15H,4-5H2,1H3,(H,14,16)/t12-/m0/s1. The van der Waals surface area contributed by atoms with E-state index in [4.69, 9.17) is 0 Å². The summed E-state index contributed by atoms with van der Waals surface area (Å²) in [5, 5.41) is 13.5. The molecular weight excluding hydrogens is 204 g/mol. The molecule has 2 N–H and O–H groups in total. The minimum absolute atomic E-state index is 0.0266. The second-order valence-corrected chi connectivity index (χ2v) is 4.57. The normalized spacial score (nSPS) is 26.8. The second-order valence-electron chi connectivity index (χ2n) is 4.57. The molecule has 1 aliphatic heterocycles. The van der Waals surface area contributed by atoms with Crippen molar-refractivity contribution in [2.24, 2.45) is 10.5 Å². The molecule has 0 radical (unpaired) electrons. The van der Waals surface area contributed by atoms with E-state index in [2.05, 4.69) is 10.5 Å². The zero-order chi connectivity index (χ0) is 11.3. The fraction of sp³-hybridized carbons (Fsp3) is 0.333. The third-order valence-corrected chi connectivity index (χ3v) is 3.53. The Morgan fingerprint density at radius 3 is 3.12 bits per heavy atom. The van der Waals surface area contributed by atoms with Gasteiger partial charge in [0.05, 0.1) is 11.1 Å². The summed E-state index contributed by atoms with van der Waals surface area (Å²) < 4.78 is 0. The highest BCUT2D eigenvalue weighted by Crippen LogP contribution is 2.39. The number of hydrazone groups is 1. The lowest BCUT2D eigenvalue weighted by Crippen LogP contribution is -2.39. The number of hydrogen-bond acceptors (Lipinski definition) is 3. The number of nitrogens with zero attached hydrogens (tertiary/aromatic N) is 1. The Labute approximate surface area is 93.0 Å². The van der Waals surface area contributed by atoms with Gasteiger partial charge >= 0.3 is 0 Å². The molecule has 16 heavy (non-hydrogen) atoms. The largest absolute Gasteiger partial charge is 0.508 e. The quantitative estimate of drug-likeness (QED) is 0.684. The number of rotatable bonds is 0. The highest BCUT2D eigenvalue weighted by atomic mass is 16.3. The van der Waals surface area contributed by atoms with Crippen molar-refractivity contribution in [3.63, 3.8) is 0 Å². The van der Waals surface area contributed by atoms with Gasteiger partial charge in [0.25, 0.3) is 5.91 Å². The number of aryl methyl sites for hydroxylation is 1. The number of hydrogen-bond donors (Lipinski definition) is 2. The molecule has 1 atom stereocenters. The van der Waals surface area contributed by atoms with Crippen LogP contribution in [0.3, 0.4) is 0 Å². The van der Waals surface area contributed by atoms with Crippen LogP contribution in [0.25, 0.3) is 0 Å². The average molecular weight is 216 g/mol. The van der Waals surface area contributed by atoms with Crippen molar-refractivity contribution in [1.29, 1.82) is 0 Å². The van der Waals surface area contributed by atoms with Gasteiger partial charge in [-0.1, -0.05) is 0 Å². The third kappa shape index (κ3) is 1.04. The van der Waals surface area contributed by atoms with E-state index in [1.807, 2.05) is 13.0 Å². The smallest absolute Gasteiger partial charge is 0.252 e. The zero-order valence-corrected chi connectivity index (χ0v) is 8.95. The number of phenolic OH excluding ortho intramolecular Hbond substituents is 1. The number of benzene rings is 1. The van der Waals surface area contributed by atoms with Crippen LogP contribution in [0.4, 0.5) is 0 Å². The Morgan fingerprint density at radius 1 is 1.50 bits per heavy atom. The van der Waals surface area contributed by atoms with Crippen molar-refractivity contribution in [3.05, 3.63) is 29.3 Å². The van der Waals surface area contributed by atoms with Gasteiger partial charge in [0.15, 0.2) is 0 Å². The second kappa shape index (κ2) is 2.84. The molecule has 0 bridgehead atoms. The molecular formula is C12H12N2O2. The first-order chi connectivity index (χ1) is 7.61. The maximum atomic E-state index is 11.7. The van der Waals surface area contributed by atoms with Crippen LogP contribution in [0.5, 0.6) is 5.75 Å². The molecule has 0 aromatic heterocycles. The molecule has 1 aliphatic carbocycles. The molecule has 1 aromatic carbocycles. The molecule has 2 aliphatic rings. The van der Waals surface area contributed by atoms with Gasteiger partial charge in [0.1, 0.15) is 5.75 Å². The molecule has 0 spiro atoms.